The maximum Gasteiger partial charge on any atom is 0.293 e. The van der Waals surface area contributed by atoms with E-state index >= 15 is 0 Å². The summed E-state index contributed by atoms with van der Waals surface area (Å²) in [5.41, 5.74) is 0. The fraction of sp³-hybridized carbons (Fsp3) is 0.400. The fourth-order valence-corrected chi connectivity index (χ4v) is 1.20. The first-order chi connectivity index (χ1) is 7.59. The molecule has 0 aromatic carbocycles. The van der Waals surface area contributed by atoms with Gasteiger partial charge in [0.25, 0.3) is 5.91 Å². The molecule has 0 spiro atoms. The second-order valence-electron chi connectivity index (χ2n) is 3.49. The van der Waals surface area contributed by atoms with Crippen LogP contribution in [-0.2, 0) is 0 Å². The molecule has 0 aliphatic heterocycles. The minimum Gasteiger partial charge on any atom is -0.459 e. The Morgan fingerprint density at radius 2 is 2.31 bits per heavy atom. The molecule has 2 N–H and O–H groups in total. The number of thiocarbonyl (C=S) groups is 1. The maximum atomic E-state index is 11.5. The van der Waals surface area contributed by atoms with Crippen molar-refractivity contribution < 1.29 is 9.21 Å². The van der Waals surface area contributed by atoms with E-state index < -0.39 is 0 Å². The Morgan fingerprint density at radius 1 is 1.56 bits per heavy atom. The minimum atomic E-state index is -0.340. The van der Waals surface area contributed by atoms with Crippen LogP contribution in [0.15, 0.2) is 22.8 Å². The highest BCUT2D eigenvalue weighted by atomic mass is 32.1. The lowest BCUT2D eigenvalue weighted by Gasteiger charge is -2.12. The van der Waals surface area contributed by atoms with E-state index in [1.165, 1.54) is 6.26 Å². The lowest BCUT2D eigenvalue weighted by Crippen LogP contribution is -2.41. The van der Waals surface area contributed by atoms with Crippen LogP contribution in [0.4, 0.5) is 0 Å². The van der Waals surface area contributed by atoms with Crippen molar-refractivity contribution in [3.8, 4) is 0 Å². The van der Waals surface area contributed by atoms with Gasteiger partial charge in [0.05, 0.1) is 6.26 Å². The first-order valence-corrected chi connectivity index (χ1v) is 5.28. The largest absolute Gasteiger partial charge is 0.459 e. The van der Waals surface area contributed by atoms with Crippen molar-refractivity contribution in [2.45, 2.75) is 0 Å². The number of hydrogen-bond acceptors (Lipinski definition) is 4. The van der Waals surface area contributed by atoms with Crippen LogP contribution in [0.2, 0.25) is 0 Å². The Bertz CT molecular complexity index is 349. The zero-order chi connectivity index (χ0) is 12.0. The molecule has 0 unspecified atom stereocenters. The molecule has 6 heteroatoms. The zero-order valence-electron chi connectivity index (χ0n) is 9.32. The van der Waals surface area contributed by atoms with Crippen molar-refractivity contribution in [2.24, 2.45) is 0 Å². The summed E-state index contributed by atoms with van der Waals surface area (Å²) in [6.07, 6.45) is 1.44. The topological polar surface area (TPSA) is 57.5 Å². The molecule has 0 saturated heterocycles. The monoisotopic (exact) mass is 241 g/mol. The third kappa shape index (κ3) is 4.41. The Kier molecular flexibility index (Phi) is 4.94. The fourth-order valence-electron chi connectivity index (χ4n) is 1.01. The van der Waals surface area contributed by atoms with Crippen LogP contribution < -0.4 is 10.6 Å². The van der Waals surface area contributed by atoms with Gasteiger partial charge in [-0.25, -0.2) is 0 Å². The average molecular weight is 241 g/mol. The van der Waals surface area contributed by atoms with Crippen LogP contribution in [-0.4, -0.2) is 43.1 Å². The zero-order valence-corrected chi connectivity index (χ0v) is 10.1. The molecule has 0 bridgehead atoms. The quantitative estimate of drug-likeness (QED) is 0.749. The summed E-state index contributed by atoms with van der Waals surface area (Å²) in [4.78, 5) is 13.5. The van der Waals surface area contributed by atoms with Gasteiger partial charge in [-0.15, -0.1) is 0 Å². The molecule has 1 rings (SSSR count). The summed E-state index contributed by atoms with van der Waals surface area (Å²) < 4.78 is 4.93. The third-order valence-corrected chi connectivity index (χ3v) is 2.06. The number of likely N-dealkylation sites (N-methyl/N-ethyl adjacent to an activating group) is 1. The van der Waals surface area contributed by atoms with Crippen molar-refractivity contribution in [2.75, 3.05) is 27.2 Å². The normalized spacial score (nSPS) is 10.2. The van der Waals surface area contributed by atoms with E-state index in [0.29, 0.717) is 11.7 Å². The minimum absolute atomic E-state index is 0.247. The average Bonchev–Trinajstić information content (AvgIpc) is 2.69. The number of hydrogen-bond donors (Lipinski definition) is 2. The van der Waals surface area contributed by atoms with Crippen molar-refractivity contribution in [1.29, 1.82) is 0 Å². The summed E-state index contributed by atoms with van der Waals surface area (Å²) in [5, 5.41) is 5.76. The van der Waals surface area contributed by atoms with Crippen LogP contribution in [0.3, 0.4) is 0 Å². The van der Waals surface area contributed by atoms with Gasteiger partial charge in [-0.3, -0.25) is 10.1 Å². The molecule has 1 aromatic heterocycles. The molecule has 16 heavy (non-hydrogen) atoms. The number of nitrogens with one attached hydrogen (secondary N) is 2. The number of rotatable bonds is 4. The van der Waals surface area contributed by atoms with E-state index in [2.05, 4.69) is 10.6 Å². The van der Waals surface area contributed by atoms with Crippen LogP contribution in [0.1, 0.15) is 10.6 Å². The number of carbonyl (C=O) groups is 1. The summed E-state index contributed by atoms with van der Waals surface area (Å²) in [5.74, 6) is -0.0934. The highest BCUT2D eigenvalue weighted by Gasteiger charge is 2.09. The van der Waals surface area contributed by atoms with Crippen molar-refractivity contribution in [1.82, 2.24) is 15.5 Å². The van der Waals surface area contributed by atoms with E-state index in [1.54, 1.807) is 12.1 Å². The first kappa shape index (κ1) is 12.7. The highest BCUT2D eigenvalue weighted by Crippen LogP contribution is 1.98. The van der Waals surface area contributed by atoms with E-state index in [1.807, 2.05) is 19.0 Å². The van der Waals surface area contributed by atoms with Gasteiger partial charge in [-0.1, -0.05) is 0 Å². The van der Waals surface area contributed by atoms with Crippen LogP contribution in [0, 0.1) is 0 Å². The van der Waals surface area contributed by atoms with Gasteiger partial charge in [0.2, 0.25) is 0 Å². The van der Waals surface area contributed by atoms with Gasteiger partial charge < -0.3 is 14.6 Å². The lowest BCUT2D eigenvalue weighted by molar-refractivity contribution is 0.0949. The van der Waals surface area contributed by atoms with Crippen molar-refractivity contribution in [3.05, 3.63) is 24.2 Å². The predicted octanol–water partition coefficient (Wildman–Crippen LogP) is 0.445. The standard InChI is InChI=1S/C10H15N3O2S/c1-13(2)6-5-11-10(16)12-9(14)8-4-3-7-15-8/h3-4,7H,5-6H2,1-2H3,(H2,11,12,14,16). The molecule has 88 valence electrons. The van der Waals surface area contributed by atoms with Crippen LogP contribution >= 0.6 is 12.2 Å². The van der Waals surface area contributed by atoms with Gasteiger partial charge in [-0.2, -0.15) is 0 Å². The molecule has 1 aromatic rings. The summed E-state index contributed by atoms with van der Waals surface area (Å²) >= 11 is 4.95. The van der Waals surface area contributed by atoms with Gasteiger partial charge in [-0.05, 0) is 38.4 Å². The molecule has 1 heterocycles. The summed E-state index contributed by atoms with van der Waals surface area (Å²) in [6, 6.07) is 3.23. The van der Waals surface area contributed by atoms with Gasteiger partial charge in [0, 0.05) is 13.1 Å². The number of furan rings is 1. The molecule has 0 aliphatic rings. The van der Waals surface area contributed by atoms with Crippen molar-refractivity contribution in [3.63, 3.8) is 0 Å². The van der Waals surface area contributed by atoms with E-state index in [-0.39, 0.29) is 11.7 Å². The summed E-state index contributed by atoms with van der Waals surface area (Å²) in [6.45, 7) is 1.53. The molecule has 5 nitrogen and oxygen atoms in total. The first-order valence-electron chi connectivity index (χ1n) is 4.87. The molecule has 0 aliphatic carbocycles. The number of amides is 1. The van der Waals surface area contributed by atoms with Gasteiger partial charge >= 0.3 is 0 Å². The molecule has 0 radical (unpaired) electrons. The number of carbonyl (C=O) groups excluding carboxylic acids is 1. The SMILES string of the molecule is CN(C)CCNC(=S)NC(=O)c1ccco1. The summed E-state index contributed by atoms with van der Waals surface area (Å²) in [7, 11) is 3.93. The molecule has 0 saturated carbocycles. The van der Waals surface area contributed by atoms with Gasteiger partial charge in [0.15, 0.2) is 10.9 Å². The maximum absolute atomic E-state index is 11.5. The van der Waals surface area contributed by atoms with Gasteiger partial charge in [0.1, 0.15) is 0 Å². The van der Waals surface area contributed by atoms with Crippen LogP contribution in [0.25, 0.3) is 0 Å². The van der Waals surface area contributed by atoms with E-state index in [9.17, 15) is 4.79 Å². The second-order valence-corrected chi connectivity index (χ2v) is 3.90. The number of nitrogens with zero attached hydrogens (tertiary/aromatic N) is 1. The molecule has 0 atom stereocenters. The lowest BCUT2D eigenvalue weighted by atomic mass is 10.4. The Balaban J connectivity index is 2.27. The Morgan fingerprint density at radius 3 is 2.88 bits per heavy atom. The molecular weight excluding hydrogens is 226 g/mol. The highest BCUT2D eigenvalue weighted by molar-refractivity contribution is 7.80. The molecule has 1 amide bonds. The molecular formula is C10H15N3O2S. The third-order valence-electron chi connectivity index (χ3n) is 1.82. The Hall–Kier alpha value is -1.40. The van der Waals surface area contributed by atoms with Crippen molar-refractivity contribution >= 4 is 23.2 Å². The molecule has 0 fully saturated rings. The second kappa shape index (κ2) is 6.24. The smallest absolute Gasteiger partial charge is 0.293 e. The van der Waals surface area contributed by atoms with Crippen LogP contribution in [0.5, 0.6) is 0 Å². The van der Waals surface area contributed by atoms with E-state index in [4.69, 9.17) is 16.6 Å². The predicted molar refractivity (Wildman–Crippen MR) is 65.3 cm³/mol. The van der Waals surface area contributed by atoms with E-state index in [0.717, 1.165) is 6.54 Å². The Labute approximate surface area is 99.8 Å².